The summed E-state index contributed by atoms with van der Waals surface area (Å²) in [5, 5.41) is 6.91. The Hall–Kier alpha value is -1.36. The molecular formula is C15H24N4O. The lowest BCUT2D eigenvalue weighted by molar-refractivity contribution is 0.390. The SMILES string of the molecule is COc1nc(NC2CCCCC2)nc2c1CCNCC2. The number of nitrogens with one attached hydrogen (secondary N) is 2. The van der Waals surface area contributed by atoms with Gasteiger partial charge in [0, 0.05) is 24.6 Å². The van der Waals surface area contributed by atoms with Crippen molar-refractivity contribution in [1.82, 2.24) is 15.3 Å². The summed E-state index contributed by atoms with van der Waals surface area (Å²) in [4.78, 5) is 9.30. The van der Waals surface area contributed by atoms with Gasteiger partial charge in [0.1, 0.15) is 0 Å². The summed E-state index contributed by atoms with van der Waals surface area (Å²) in [7, 11) is 1.70. The van der Waals surface area contributed by atoms with E-state index in [1.807, 2.05) is 0 Å². The van der Waals surface area contributed by atoms with Crippen molar-refractivity contribution in [3.05, 3.63) is 11.3 Å². The fraction of sp³-hybridized carbons (Fsp3) is 0.733. The van der Waals surface area contributed by atoms with Crippen LogP contribution in [0.4, 0.5) is 5.95 Å². The van der Waals surface area contributed by atoms with Gasteiger partial charge in [-0.2, -0.15) is 4.98 Å². The third-order valence-electron chi connectivity index (χ3n) is 4.28. The smallest absolute Gasteiger partial charge is 0.226 e. The maximum atomic E-state index is 5.48. The second-order valence-electron chi connectivity index (χ2n) is 5.71. The van der Waals surface area contributed by atoms with Crippen molar-refractivity contribution >= 4 is 5.95 Å². The molecule has 1 aliphatic carbocycles. The summed E-state index contributed by atoms with van der Waals surface area (Å²) in [6.45, 7) is 1.96. The van der Waals surface area contributed by atoms with Crippen LogP contribution in [0.1, 0.15) is 43.4 Å². The van der Waals surface area contributed by atoms with Crippen molar-refractivity contribution in [2.24, 2.45) is 0 Å². The highest BCUT2D eigenvalue weighted by atomic mass is 16.5. The molecule has 20 heavy (non-hydrogen) atoms. The van der Waals surface area contributed by atoms with E-state index in [1.54, 1.807) is 7.11 Å². The van der Waals surface area contributed by atoms with E-state index >= 15 is 0 Å². The molecule has 1 fully saturated rings. The predicted octanol–water partition coefficient (Wildman–Crippen LogP) is 1.92. The van der Waals surface area contributed by atoms with Gasteiger partial charge in [-0.15, -0.1) is 0 Å². The Bertz CT molecular complexity index is 457. The van der Waals surface area contributed by atoms with Gasteiger partial charge in [-0.05, 0) is 25.8 Å². The van der Waals surface area contributed by atoms with E-state index in [0.29, 0.717) is 6.04 Å². The monoisotopic (exact) mass is 276 g/mol. The van der Waals surface area contributed by atoms with Crippen LogP contribution < -0.4 is 15.4 Å². The van der Waals surface area contributed by atoms with Gasteiger partial charge in [0.05, 0.1) is 12.8 Å². The fourth-order valence-electron chi connectivity index (χ4n) is 3.17. The molecule has 0 saturated heterocycles. The van der Waals surface area contributed by atoms with Gasteiger partial charge in [-0.25, -0.2) is 4.98 Å². The Balaban J connectivity index is 1.82. The molecule has 110 valence electrons. The number of nitrogens with zero attached hydrogens (tertiary/aromatic N) is 2. The minimum Gasteiger partial charge on any atom is -0.481 e. The van der Waals surface area contributed by atoms with Crippen molar-refractivity contribution in [3.63, 3.8) is 0 Å². The number of fused-ring (bicyclic) bond motifs is 1. The average molecular weight is 276 g/mol. The third kappa shape index (κ3) is 3.03. The molecule has 0 unspecified atom stereocenters. The lowest BCUT2D eigenvalue weighted by atomic mass is 9.96. The lowest BCUT2D eigenvalue weighted by Crippen LogP contribution is -2.24. The van der Waals surface area contributed by atoms with E-state index in [9.17, 15) is 0 Å². The minimum atomic E-state index is 0.524. The number of hydrogen-bond acceptors (Lipinski definition) is 5. The van der Waals surface area contributed by atoms with Crippen molar-refractivity contribution in [2.75, 3.05) is 25.5 Å². The molecule has 3 rings (SSSR count). The predicted molar refractivity (Wildman–Crippen MR) is 79.4 cm³/mol. The average Bonchev–Trinajstić information content (AvgIpc) is 2.73. The first-order valence-electron chi connectivity index (χ1n) is 7.78. The molecular weight excluding hydrogens is 252 g/mol. The molecule has 0 bridgehead atoms. The van der Waals surface area contributed by atoms with Gasteiger partial charge in [-0.3, -0.25) is 0 Å². The maximum absolute atomic E-state index is 5.48. The molecule has 1 aromatic heterocycles. The van der Waals surface area contributed by atoms with E-state index in [4.69, 9.17) is 9.72 Å². The number of rotatable bonds is 3. The highest BCUT2D eigenvalue weighted by molar-refractivity contribution is 5.40. The molecule has 5 heteroatoms. The molecule has 2 aliphatic rings. The van der Waals surface area contributed by atoms with Crippen molar-refractivity contribution in [2.45, 2.75) is 51.0 Å². The van der Waals surface area contributed by atoms with E-state index in [-0.39, 0.29) is 0 Å². The second-order valence-corrected chi connectivity index (χ2v) is 5.71. The summed E-state index contributed by atoms with van der Waals surface area (Å²) < 4.78 is 5.48. The van der Waals surface area contributed by atoms with E-state index in [2.05, 4.69) is 15.6 Å². The molecule has 0 radical (unpaired) electrons. The molecule has 2 N–H and O–H groups in total. The first-order valence-corrected chi connectivity index (χ1v) is 7.78. The number of hydrogen-bond donors (Lipinski definition) is 2. The first-order chi connectivity index (χ1) is 9.86. The van der Waals surface area contributed by atoms with E-state index in [0.717, 1.165) is 43.5 Å². The number of anilines is 1. The topological polar surface area (TPSA) is 59.1 Å². The third-order valence-corrected chi connectivity index (χ3v) is 4.28. The second kappa shape index (κ2) is 6.39. The highest BCUT2D eigenvalue weighted by Gasteiger charge is 2.19. The molecule has 1 saturated carbocycles. The van der Waals surface area contributed by atoms with Crippen LogP contribution in [0.25, 0.3) is 0 Å². The van der Waals surface area contributed by atoms with Gasteiger partial charge < -0.3 is 15.4 Å². The zero-order chi connectivity index (χ0) is 13.8. The summed E-state index contributed by atoms with van der Waals surface area (Å²) in [6.07, 6.45) is 8.33. The van der Waals surface area contributed by atoms with Crippen molar-refractivity contribution in [3.8, 4) is 5.88 Å². The van der Waals surface area contributed by atoms with Crippen LogP contribution in [0.2, 0.25) is 0 Å². The number of ether oxygens (including phenoxy) is 1. The summed E-state index contributed by atoms with van der Waals surface area (Å²) >= 11 is 0. The van der Waals surface area contributed by atoms with E-state index in [1.165, 1.54) is 37.7 Å². The largest absolute Gasteiger partial charge is 0.481 e. The molecule has 0 spiro atoms. The molecule has 1 aromatic rings. The molecule has 0 amide bonds. The van der Waals surface area contributed by atoms with Crippen LogP contribution in [0.15, 0.2) is 0 Å². The Morgan fingerprint density at radius 1 is 1.10 bits per heavy atom. The lowest BCUT2D eigenvalue weighted by Gasteiger charge is -2.23. The summed E-state index contributed by atoms with van der Waals surface area (Å²) in [5.41, 5.74) is 2.31. The van der Waals surface area contributed by atoms with Crippen LogP contribution in [-0.2, 0) is 12.8 Å². The summed E-state index contributed by atoms with van der Waals surface area (Å²) in [6, 6.07) is 0.524. The van der Waals surface area contributed by atoms with Crippen LogP contribution in [0.5, 0.6) is 5.88 Å². The van der Waals surface area contributed by atoms with Gasteiger partial charge >= 0.3 is 0 Å². The standard InChI is InChI=1S/C15H24N4O/c1-20-14-12-7-9-16-10-8-13(12)18-15(19-14)17-11-5-3-2-4-6-11/h11,16H,2-10H2,1H3,(H,17,18,19). The molecule has 1 aliphatic heterocycles. The Morgan fingerprint density at radius 2 is 1.90 bits per heavy atom. The zero-order valence-electron chi connectivity index (χ0n) is 12.2. The zero-order valence-corrected chi connectivity index (χ0v) is 12.2. The fourth-order valence-corrected chi connectivity index (χ4v) is 3.17. The van der Waals surface area contributed by atoms with Gasteiger partial charge in [0.15, 0.2) is 0 Å². The van der Waals surface area contributed by atoms with E-state index < -0.39 is 0 Å². The Morgan fingerprint density at radius 3 is 2.70 bits per heavy atom. The van der Waals surface area contributed by atoms with Gasteiger partial charge in [-0.1, -0.05) is 19.3 Å². The van der Waals surface area contributed by atoms with Crippen LogP contribution in [0, 0.1) is 0 Å². The molecule has 0 atom stereocenters. The minimum absolute atomic E-state index is 0.524. The van der Waals surface area contributed by atoms with Crippen LogP contribution in [0.3, 0.4) is 0 Å². The van der Waals surface area contributed by atoms with Crippen molar-refractivity contribution < 1.29 is 4.74 Å². The molecule has 5 nitrogen and oxygen atoms in total. The molecule has 0 aromatic carbocycles. The van der Waals surface area contributed by atoms with Crippen LogP contribution in [-0.4, -0.2) is 36.2 Å². The number of aromatic nitrogens is 2. The first kappa shape index (κ1) is 13.6. The highest BCUT2D eigenvalue weighted by Crippen LogP contribution is 2.25. The maximum Gasteiger partial charge on any atom is 0.226 e. The quantitative estimate of drug-likeness (QED) is 0.883. The Kier molecular flexibility index (Phi) is 4.35. The van der Waals surface area contributed by atoms with Crippen LogP contribution >= 0.6 is 0 Å². The Labute approximate surface area is 120 Å². The normalized spacial score (nSPS) is 20.1. The summed E-state index contributed by atoms with van der Waals surface area (Å²) in [5.74, 6) is 1.49. The number of methoxy groups -OCH3 is 1. The van der Waals surface area contributed by atoms with Gasteiger partial charge in [0.2, 0.25) is 11.8 Å². The van der Waals surface area contributed by atoms with Crippen molar-refractivity contribution in [1.29, 1.82) is 0 Å². The van der Waals surface area contributed by atoms with Gasteiger partial charge in [0.25, 0.3) is 0 Å². The molecule has 2 heterocycles.